The van der Waals surface area contributed by atoms with E-state index in [-0.39, 0.29) is 23.7 Å². The first-order valence-corrected chi connectivity index (χ1v) is 12.9. The maximum absolute atomic E-state index is 13.1. The summed E-state index contributed by atoms with van der Waals surface area (Å²) >= 11 is 12.8. The molecule has 12 heteroatoms. The second-order valence-electron chi connectivity index (χ2n) is 7.79. The summed E-state index contributed by atoms with van der Waals surface area (Å²) < 4.78 is 12.2. The highest BCUT2D eigenvalue weighted by atomic mass is 79.9. The Hall–Kier alpha value is -3.67. The van der Waals surface area contributed by atoms with Crippen LogP contribution >= 0.6 is 43.5 Å². The molecular formula is C26H18Br2ClN3O6. The number of hydrogen-bond acceptors (Lipinski definition) is 6. The minimum Gasteiger partial charge on any atom is -0.493 e. The van der Waals surface area contributed by atoms with Crippen molar-refractivity contribution in [2.75, 3.05) is 23.9 Å². The van der Waals surface area contributed by atoms with Gasteiger partial charge in [-0.2, -0.15) is 0 Å². The van der Waals surface area contributed by atoms with Gasteiger partial charge in [0, 0.05) is 4.47 Å². The Kier molecular flexibility index (Phi) is 8.50. The van der Waals surface area contributed by atoms with E-state index in [4.69, 9.17) is 21.1 Å². The van der Waals surface area contributed by atoms with Gasteiger partial charge < -0.3 is 14.8 Å². The number of ether oxygens (including phenoxy) is 2. The van der Waals surface area contributed by atoms with Crippen LogP contribution < -0.4 is 25.0 Å². The predicted octanol–water partition coefficient (Wildman–Crippen LogP) is 5.56. The van der Waals surface area contributed by atoms with E-state index in [9.17, 15) is 19.2 Å². The van der Waals surface area contributed by atoms with Crippen molar-refractivity contribution in [1.29, 1.82) is 0 Å². The molecule has 0 saturated carbocycles. The van der Waals surface area contributed by atoms with Crippen LogP contribution in [0.3, 0.4) is 0 Å². The monoisotopic (exact) mass is 661 g/mol. The van der Waals surface area contributed by atoms with Gasteiger partial charge in [-0.05, 0) is 76.1 Å². The molecule has 1 aliphatic rings. The van der Waals surface area contributed by atoms with Crippen molar-refractivity contribution in [3.8, 4) is 11.5 Å². The fraction of sp³-hybridized carbons (Fsp3) is 0.0769. The summed E-state index contributed by atoms with van der Waals surface area (Å²) in [5.41, 5.74) is 0.896. The van der Waals surface area contributed by atoms with Crippen molar-refractivity contribution in [2.24, 2.45) is 0 Å². The highest BCUT2D eigenvalue weighted by molar-refractivity contribution is 9.10. The summed E-state index contributed by atoms with van der Waals surface area (Å²) in [6, 6.07) is 15.5. The van der Waals surface area contributed by atoms with Gasteiger partial charge >= 0.3 is 6.03 Å². The zero-order chi connectivity index (χ0) is 27.4. The average Bonchev–Trinajstić information content (AvgIpc) is 2.88. The minimum absolute atomic E-state index is 0.232. The van der Waals surface area contributed by atoms with E-state index in [0.29, 0.717) is 26.4 Å². The molecule has 2 N–H and O–H groups in total. The first-order valence-electron chi connectivity index (χ1n) is 10.9. The second-order valence-corrected chi connectivity index (χ2v) is 9.96. The van der Waals surface area contributed by atoms with Crippen molar-refractivity contribution in [2.45, 2.75) is 0 Å². The summed E-state index contributed by atoms with van der Waals surface area (Å²) in [7, 11) is 1.40. The molecule has 0 aromatic heterocycles. The molecule has 9 nitrogen and oxygen atoms in total. The largest absolute Gasteiger partial charge is 0.493 e. The molecule has 3 aromatic rings. The predicted molar refractivity (Wildman–Crippen MR) is 149 cm³/mol. The van der Waals surface area contributed by atoms with Crippen molar-refractivity contribution in [3.05, 3.63) is 85.8 Å². The maximum atomic E-state index is 13.1. The lowest BCUT2D eigenvalue weighted by Crippen LogP contribution is -2.54. The van der Waals surface area contributed by atoms with Crippen LogP contribution in [0.25, 0.3) is 6.08 Å². The van der Waals surface area contributed by atoms with E-state index in [0.717, 1.165) is 9.37 Å². The molecule has 1 heterocycles. The minimum atomic E-state index is -0.850. The number of halogens is 3. The Morgan fingerprint density at radius 2 is 1.79 bits per heavy atom. The molecular weight excluding hydrogens is 646 g/mol. The molecule has 0 aliphatic carbocycles. The number of methoxy groups -OCH3 is 1. The maximum Gasteiger partial charge on any atom is 0.335 e. The number of para-hydroxylation sites is 1. The van der Waals surface area contributed by atoms with E-state index in [1.807, 2.05) is 0 Å². The number of nitrogens with one attached hydrogen (secondary N) is 2. The van der Waals surface area contributed by atoms with Crippen LogP contribution in [-0.2, 0) is 14.4 Å². The zero-order valence-electron chi connectivity index (χ0n) is 19.6. The summed E-state index contributed by atoms with van der Waals surface area (Å²) in [6.07, 6.45) is 1.33. The van der Waals surface area contributed by atoms with Gasteiger partial charge in [-0.25, -0.2) is 9.69 Å². The lowest BCUT2D eigenvalue weighted by atomic mass is 10.1. The Labute approximate surface area is 239 Å². The van der Waals surface area contributed by atoms with Gasteiger partial charge in [0.25, 0.3) is 17.7 Å². The van der Waals surface area contributed by atoms with E-state index in [2.05, 4.69) is 42.5 Å². The van der Waals surface area contributed by atoms with Gasteiger partial charge in [-0.15, -0.1) is 0 Å². The Bertz CT molecular complexity index is 1480. The molecule has 0 radical (unpaired) electrons. The van der Waals surface area contributed by atoms with Crippen LogP contribution in [0.1, 0.15) is 5.56 Å². The van der Waals surface area contributed by atoms with Crippen molar-refractivity contribution in [1.82, 2.24) is 5.32 Å². The molecule has 4 rings (SSSR count). The van der Waals surface area contributed by atoms with Gasteiger partial charge in [0.05, 0.1) is 28.0 Å². The smallest absolute Gasteiger partial charge is 0.335 e. The lowest BCUT2D eigenvalue weighted by Gasteiger charge is -2.26. The molecule has 0 unspecified atom stereocenters. The van der Waals surface area contributed by atoms with Crippen molar-refractivity contribution >= 4 is 84.7 Å². The van der Waals surface area contributed by atoms with E-state index in [1.54, 1.807) is 54.6 Å². The number of rotatable bonds is 7. The Morgan fingerprint density at radius 1 is 1.08 bits per heavy atom. The summed E-state index contributed by atoms with van der Waals surface area (Å²) in [5, 5.41) is 5.23. The first kappa shape index (κ1) is 27.4. The number of amides is 5. The summed E-state index contributed by atoms with van der Waals surface area (Å²) in [4.78, 5) is 51.3. The van der Waals surface area contributed by atoms with E-state index in [1.165, 1.54) is 19.3 Å². The molecule has 1 saturated heterocycles. The lowest BCUT2D eigenvalue weighted by molar-refractivity contribution is -0.122. The number of carbonyl (C=O) groups excluding carboxylic acids is 4. The molecule has 194 valence electrons. The zero-order valence-corrected chi connectivity index (χ0v) is 23.5. The molecule has 0 spiro atoms. The Balaban J connectivity index is 1.56. The molecule has 38 heavy (non-hydrogen) atoms. The fourth-order valence-corrected chi connectivity index (χ4v) is 4.52. The third-order valence-corrected chi connectivity index (χ3v) is 6.69. The van der Waals surface area contributed by atoms with E-state index < -0.39 is 23.8 Å². The Morgan fingerprint density at radius 3 is 2.47 bits per heavy atom. The number of nitrogens with zero attached hydrogens (tertiary/aromatic N) is 1. The fourth-order valence-electron chi connectivity index (χ4n) is 3.50. The SMILES string of the molecule is COc1cc(/C=C2\C(=O)NC(=O)N(c3ccc(Br)cc3)C2=O)cc(Br)c1OCC(=O)Nc1ccccc1Cl. The second kappa shape index (κ2) is 11.8. The molecule has 1 fully saturated rings. The van der Waals surface area contributed by atoms with Gasteiger partial charge in [-0.1, -0.05) is 39.7 Å². The number of barbiturate groups is 1. The van der Waals surface area contributed by atoms with Crippen LogP contribution in [0.15, 0.2) is 75.2 Å². The van der Waals surface area contributed by atoms with Gasteiger partial charge in [0.1, 0.15) is 5.57 Å². The molecule has 0 atom stereocenters. The van der Waals surface area contributed by atoms with Crippen LogP contribution in [0, 0.1) is 0 Å². The number of imide groups is 2. The number of anilines is 2. The third-order valence-electron chi connectivity index (χ3n) is 5.24. The van der Waals surface area contributed by atoms with Crippen LogP contribution in [0.5, 0.6) is 11.5 Å². The van der Waals surface area contributed by atoms with Crippen LogP contribution in [-0.4, -0.2) is 37.5 Å². The standard InChI is InChI=1S/C26H18Br2ClN3O6/c1-37-21-12-14(11-18(28)23(21)38-13-22(33)30-20-5-3-2-4-19(20)29)10-17-24(34)31-26(36)32(25(17)35)16-8-6-15(27)7-9-16/h2-12H,13H2,1H3,(H,30,33)(H,31,34,36)/b17-10+. The highest BCUT2D eigenvalue weighted by Gasteiger charge is 2.36. The number of hydrogen-bond donors (Lipinski definition) is 2. The van der Waals surface area contributed by atoms with Crippen molar-refractivity contribution in [3.63, 3.8) is 0 Å². The van der Waals surface area contributed by atoms with Crippen LogP contribution in [0.2, 0.25) is 5.02 Å². The van der Waals surface area contributed by atoms with Crippen LogP contribution in [0.4, 0.5) is 16.2 Å². The summed E-state index contributed by atoms with van der Waals surface area (Å²) in [6.45, 7) is -0.341. The quantitative estimate of drug-likeness (QED) is 0.253. The topological polar surface area (TPSA) is 114 Å². The van der Waals surface area contributed by atoms with E-state index >= 15 is 0 Å². The van der Waals surface area contributed by atoms with Crippen molar-refractivity contribution < 1.29 is 28.7 Å². The summed E-state index contributed by atoms with van der Waals surface area (Å²) in [5.74, 6) is -1.59. The highest BCUT2D eigenvalue weighted by Crippen LogP contribution is 2.37. The number of carbonyl (C=O) groups is 4. The number of urea groups is 1. The normalized spacial score (nSPS) is 14.4. The van der Waals surface area contributed by atoms with Gasteiger partial charge in [0.2, 0.25) is 0 Å². The van der Waals surface area contributed by atoms with Gasteiger partial charge in [0.15, 0.2) is 18.1 Å². The first-order chi connectivity index (χ1) is 18.2. The molecule has 0 bridgehead atoms. The molecule has 1 aliphatic heterocycles. The third kappa shape index (κ3) is 6.07. The number of benzene rings is 3. The average molecular weight is 664 g/mol. The molecule has 3 aromatic carbocycles. The molecule has 5 amide bonds. The van der Waals surface area contributed by atoms with Gasteiger partial charge in [-0.3, -0.25) is 19.7 Å².